The van der Waals surface area contributed by atoms with Crippen molar-refractivity contribution in [2.75, 3.05) is 7.05 Å². The van der Waals surface area contributed by atoms with Gasteiger partial charge in [-0.1, -0.05) is 11.6 Å². The fraction of sp³-hybridized carbons (Fsp3) is 0.364. The van der Waals surface area contributed by atoms with Crippen molar-refractivity contribution in [1.82, 2.24) is 4.72 Å². The lowest BCUT2D eigenvalue weighted by atomic mass is 10.2. The highest BCUT2D eigenvalue weighted by atomic mass is 35.5. The van der Waals surface area contributed by atoms with E-state index in [0.29, 0.717) is 0 Å². The minimum atomic E-state index is -3.62. The van der Waals surface area contributed by atoms with Gasteiger partial charge in [-0.15, -0.1) is 0 Å². The van der Waals surface area contributed by atoms with Crippen LogP contribution >= 0.6 is 11.6 Å². The van der Waals surface area contributed by atoms with Gasteiger partial charge in [-0.05, 0) is 39.1 Å². The molecule has 1 aromatic rings. The minimum Gasteiger partial charge on any atom is -0.459 e. The highest BCUT2D eigenvalue weighted by Crippen LogP contribution is 2.21. The summed E-state index contributed by atoms with van der Waals surface area (Å²) in [7, 11) is -2.33. The molecule has 1 aromatic carbocycles. The van der Waals surface area contributed by atoms with Crippen LogP contribution in [0.4, 0.5) is 0 Å². The van der Waals surface area contributed by atoms with Gasteiger partial charge in [0.05, 0.1) is 21.6 Å². The number of carbonyl (C=O) groups is 1. The highest BCUT2D eigenvalue weighted by Gasteiger charge is 2.18. The topological polar surface area (TPSA) is 72.5 Å². The predicted molar refractivity (Wildman–Crippen MR) is 68.2 cm³/mol. The zero-order valence-electron chi connectivity index (χ0n) is 10.2. The standard InChI is InChI=1S/C11H14ClNO4S/c1-7(2)17-11(14)9-6-8(4-5-10(9)12)18(15,16)13-3/h4-7,13H,1-3H3. The molecule has 0 bridgehead atoms. The maximum atomic E-state index is 11.7. The summed E-state index contributed by atoms with van der Waals surface area (Å²) in [6.45, 7) is 3.39. The maximum absolute atomic E-state index is 11.7. The van der Waals surface area contributed by atoms with Crippen molar-refractivity contribution in [2.24, 2.45) is 0 Å². The van der Waals surface area contributed by atoms with Gasteiger partial charge in [-0.3, -0.25) is 0 Å². The summed E-state index contributed by atoms with van der Waals surface area (Å²) in [5, 5.41) is 0.149. The van der Waals surface area contributed by atoms with Crippen molar-refractivity contribution < 1.29 is 17.9 Å². The van der Waals surface area contributed by atoms with Crippen LogP contribution in [0.25, 0.3) is 0 Å². The molecule has 0 aliphatic rings. The average molecular weight is 292 g/mol. The predicted octanol–water partition coefficient (Wildman–Crippen LogP) is 1.81. The Hall–Kier alpha value is -1.11. The van der Waals surface area contributed by atoms with E-state index in [0.717, 1.165) is 0 Å². The Morgan fingerprint density at radius 1 is 1.39 bits per heavy atom. The third-order valence-electron chi connectivity index (χ3n) is 2.08. The van der Waals surface area contributed by atoms with Crippen LogP contribution in [-0.4, -0.2) is 27.5 Å². The summed E-state index contributed by atoms with van der Waals surface area (Å²) in [4.78, 5) is 11.7. The van der Waals surface area contributed by atoms with Crippen molar-refractivity contribution >= 4 is 27.6 Å². The molecule has 1 N–H and O–H groups in total. The first-order valence-electron chi connectivity index (χ1n) is 5.22. The van der Waals surface area contributed by atoms with E-state index >= 15 is 0 Å². The number of carbonyl (C=O) groups excluding carboxylic acids is 1. The fourth-order valence-corrected chi connectivity index (χ4v) is 2.17. The van der Waals surface area contributed by atoms with Gasteiger partial charge in [-0.25, -0.2) is 17.9 Å². The number of hydrogen-bond donors (Lipinski definition) is 1. The van der Waals surface area contributed by atoms with E-state index in [4.69, 9.17) is 16.3 Å². The molecule has 7 heteroatoms. The van der Waals surface area contributed by atoms with Gasteiger partial charge in [-0.2, -0.15) is 0 Å². The van der Waals surface area contributed by atoms with E-state index in [1.54, 1.807) is 13.8 Å². The number of hydrogen-bond acceptors (Lipinski definition) is 4. The Bertz CT molecular complexity index is 554. The zero-order chi connectivity index (χ0) is 13.9. The minimum absolute atomic E-state index is 0.0293. The van der Waals surface area contributed by atoms with E-state index < -0.39 is 16.0 Å². The van der Waals surface area contributed by atoms with E-state index in [2.05, 4.69) is 4.72 Å². The molecule has 0 fully saturated rings. The zero-order valence-corrected chi connectivity index (χ0v) is 11.8. The van der Waals surface area contributed by atoms with Crippen molar-refractivity contribution in [3.63, 3.8) is 0 Å². The van der Waals surface area contributed by atoms with Crippen LogP contribution in [0.5, 0.6) is 0 Å². The molecule has 0 atom stereocenters. The van der Waals surface area contributed by atoms with Crippen LogP contribution in [-0.2, 0) is 14.8 Å². The molecule has 0 saturated heterocycles. The summed E-state index contributed by atoms with van der Waals surface area (Å²) in [5.74, 6) is -0.650. The van der Waals surface area contributed by atoms with Gasteiger partial charge < -0.3 is 4.74 Å². The van der Waals surface area contributed by atoms with Gasteiger partial charge >= 0.3 is 5.97 Å². The van der Waals surface area contributed by atoms with E-state index in [-0.39, 0.29) is 21.6 Å². The third-order valence-corrected chi connectivity index (χ3v) is 3.82. The van der Waals surface area contributed by atoms with Crippen LogP contribution in [0, 0.1) is 0 Å². The number of benzene rings is 1. The molecule has 0 saturated carbocycles. The molecule has 0 amide bonds. The number of nitrogens with one attached hydrogen (secondary N) is 1. The second-order valence-corrected chi connectivity index (χ2v) is 6.10. The Balaban J connectivity index is 3.21. The number of ether oxygens (including phenoxy) is 1. The van der Waals surface area contributed by atoms with Crippen LogP contribution in [0.15, 0.2) is 23.1 Å². The summed E-state index contributed by atoms with van der Waals surface area (Å²) < 4.78 is 30.3. The van der Waals surface area contributed by atoms with Gasteiger partial charge in [0.1, 0.15) is 0 Å². The molecule has 1 rings (SSSR count). The molecule has 0 radical (unpaired) electrons. The summed E-state index contributed by atoms with van der Waals surface area (Å²) in [6, 6.07) is 3.86. The molecular weight excluding hydrogens is 278 g/mol. The lowest BCUT2D eigenvalue weighted by Gasteiger charge is -2.10. The van der Waals surface area contributed by atoms with Crippen LogP contribution < -0.4 is 4.72 Å². The SMILES string of the molecule is CNS(=O)(=O)c1ccc(Cl)c(C(=O)OC(C)C)c1. The second-order valence-electron chi connectivity index (χ2n) is 3.80. The molecule has 0 aliphatic heterocycles. The van der Waals surface area contributed by atoms with Crippen molar-refractivity contribution in [2.45, 2.75) is 24.8 Å². The average Bonchev–Trinajstić information content (AvgIpc) is 2.28. The molecule has 5 nitrogen and oxygen atoms in total. The largest absolute Gasteiger partial charge is 0.459 e. The van der Waals surface area contributed by atoms with Crippen LogP contribution in [0.2, 0.25) is 5.02 Å². The highest BCUT2D eigenvalue weighted by molar-refractivity contribution is 7.89. The lowest BCUT2D eigenvalue weighted by Crippen LogP contribution is -2.19. The van der Waals surface area contributed by atoms with Gasteiger partial charge in [0, 0.05) is 0 Å². The third kappa shape index (κ3) is 3.44. The fourth-order valence-electron chi connectivity index (χ4n) is 1.22. The first-order chi connectivity index (χ1) is 8.27. The normalized spacial score (nSPS) is 11.6. The number of sulfonamides is 1. The quantitative estimate of drug-likeness (QED) is 0.859. The first kappa shape index (κ1) is 14.9. The van der Waals surface area contributed by atoms with Crippen molar-refractivity contribution in [3.05, 3.63) is 28.8 Å². The van der Waals surface area contributed by atoms with E-state index in [9.17, 15) is 13.2 Å². The Morgan fingerprint density at radius 3 is 2.50 bits per heavy atom. The van der Waals surface area contributed by atoms with Gasteiger partial charge in [0.2, 0.25) is 10.0 Å². The van der Waals surface area contributed by atoms with Crippen LogP contribution in [0.3, 0.4) is 0 Å². The Morgan fingerprint density at radius 2 is 2.00 bits per heavy atom. The maximum Gasteiger partial charge on any atom is 0.339 e. The molecule has 0 spiro atoms. The smallest absolute Gasteiger partial charge is 0.339 e. The molecule has 0 heterocycles. The van der Waals surface area contributed by atoms with Gasteiger partial charge in [0.25, 0.3) is 0 Å². The molecule has 0 unspecified atom stereocenters. The summed E-state index contributed by atoms with van der Waals surface area (Å²) >= 11 is 5.85. The molecule has 100 valence electrons. The van der Waals surface area contributed by atoms with Crippen molar-refractivity contribution in [1.29, 1.82) is 0 Å². The first-order valence-corrected chi connectivity index (χ1v) is 7.08. The van der Waals surface area contributed by atoms with Gasteiger partial charge in [0.15, 0.2) is 0 Å². The molecule has 0 aliphatic carbocycles. The lowest BCUT2D eigenvalue weighted by molar-refractivity contribution is 0.0378. The Kier molecular flexibility index (Phi) is 4.72. The molecular formula is C11H14ClNO4S. The number of esters is 1. The summed E-state index contributed by atoms with van der Waals surface area (Å²) in [6.07, 6.45) is -0.307. The van der Waals surface area contributed by atoms with E-state index in [1.165, 1.54) is 25.2 Å². The second kappa shape index (κ2) is 5.69. The Labute approximate surface area is 111 Å². The van der Waals surface area contributed by atoms with E-state index in [1.807, 2.05) is 0 Å². The number of rotatable bonds is 4. The van der Waals surface area contributed by atoms with Crippen molar-refractivity contribution in [3.8, 4) is 0 Å². The monoisotopic (exact) mass is 291 g/mol. The molecule has 0 aromatic heterocycles. The van der Waals surface area contributed by atoms with Crippen LogP contribution in [0.1, 0.15) is 24.2 Å². The number of halogens is 1. The summed E-state index contributed by atoms with van der Waals surface area (Å²) in [5.41, 5.74) is 0.0293. The molecule has 18 heavy (non-hydrogen) atoms.